The second-order valence-corrected chi connectivity index (χ2v) is 11.5. The zero-order valence-electron chi connectivity index (χ0n) is 21.5. The Kier molecular flexibility index (Phi) is 4.55. The minimum Gasteiger partial charge on any atom is -0.455 e. The van der Waals surface area contributed by atoms with Gasteiger partial charge in [-0.2, -0.15) is 0 Å². The molecule has 2 heterocycles. The van der Waals surface area contributed by atoms with Crippen LogP contribution in [0.15, 0.2) is 138 Å². The second kappa shape index (κ2) is 8.29. The summed E-state index contributed by atoms with van der Waals surface area (Å²) in [6, 6.07) is 48.2. The van der Waals surface area contributed by atoms with Gasteiger partial charge < -0.3 is 4.42 Å². The SMILES string of the molecule is c1ccc2cc(-c3c4ccccc4c(-c4cccc5sc6ccccc6c45)c4c3oc3ccccc34)ccc2c1. The van der Waals surface area contributed by atoms with E-state index < -0.39 is 0 Å². The number of rotatable bonds is 2. The fourth-order valence-corrected chi connectivity index (χ4v) is 7.67. The highest BCUT2D eigenvalue weighted by Crippen LogP contribution is 2.50. The van der Waals surface area contributed by atoms with Crippen molar-refractivity contribution < 1.29 is 4.42 Å². The lowest BCUT2D eigenvalue weighted by molar-refractivity contribution is 0.670. The molecule has 40 heavy (non-hydrogen) atoms. The highest BCUT2D eigenvalue weighted by Gasteiger charge is 2.24. The molecule has 2 aromatic heterocycles. The zero-order valence-corrected chi connectivity index (χ0v) is 22.3. The maximum Gasteiger partial charge on any atom is 0.144 e. The minimum absolute atomic E-state index is 0.915. The number of hydrogen-bond acceptors (Lipinski definition) is 2. The van der Waals surface area contributed by atoms with Gasteiger partial charge in [0.25, 0.3) is 0 Å². The van der Waals surface area contributed by atoms with Crippen LogP contribution >= 0.6 is 11.3 Å². The monoisotopic (exact) mass is 526 g/mol. The van der Waals surface area contributed by atoms with Crippen LogP contribution in [-0.4, -0.2) is 0 Å². The van der Waals surface area contributed by atoms with Crippen LogP contribution in [0.1, 0.15) is 0 Å². The molecule has 0 aliphatic heterocycles. The minimum atomic E-state index is 0.915. The first kappa shape index (κ1) is 22.0. The summed E-state index contributed by atoms with van der Waals surface area (Å²) in [5.74, 6) is 0. The summed E-state index contributed by atoms with van der Waals surface area (Å²) >= 11 is 1.86. The molecule has 0 fully saturated rings. The summed E-state index contributed by atoms with van der Waals surface area (Å²) < 4.78 is 9.43. The molecular formula is C38H22OS. The zero-order chi connectivity index (χ0) is 26.2. The number of furan rings is 1. The van der Waals surface area contributed by atoms with Crippen molar-refractivity contribution in [1.82, 2.24) is 0 Å². The smallest absolute Gasteiger partial charge is 0.144 e. The quantitative estimate of drug-likeness (QED) is 0.218. The van der Waals surface area contributed by atoms with Crippen molar-refractivity contribution >= 4 is 75.0 Å². The third-order valence-corrected chi connectivity index (χ3v) is 9.38. The van der Waals surface area contributed by atoms with Crippen LogP contribution in [0.4, 0.5) is 0 Å². The molecule has 7 aromatic carbocycles. The lowest BCUT2D eigenvalue weighted by Gasteiger charge is -2.16. The van der Waals surface area contributed by atoms with Gasteiger partial charge in [0.1, 0.15) is 11.2 Å². The topological polar surface area (TPSA) is 13.1 Å². The van der Waals surface area contributed by atoms with Crippen LogP contribution in [0.25, 0.3) is 85.9 Å². The average molecular weight is 527 g/mol. The van der Waals surface area contributed by atoms with Gasteiger partial charge in [0.15, 0.2) is 0 Å². The van der Waals surface area contributed by atoms with E-state index in [0.29, 0.717) is 0 Å². The van der Waals surface area contributed by atoms with E-state index in [9.17, 15) is 0 Å². The average Bonchev–Trinajstić information content (AvgIpc) is 3.58. The summed E-state index contributed by atoms with van der Waals surface area (Å²) in [5.41, 5.74) is 6.69. The highest BCUT2D eigenvalue weighted by atomic mass is 32.1. The van der Waals surface area contributed by atoms with E-state index in [1.165, 1.54) is 63.8 Å². The van der Waals surface area contributed by atoms with Crippen LogP contribution < -0.4 is 0 Å². The van der Waals surface area contributed by atoms with Gasteiger partial charge in [-0.15, -0.1) is 11.3 Å². The number of hydrogen-bond donors (Lipinski definition) is 0. The predicted molar refractivity (Wildman–Crippen MR) is 172 cm³/mol. The molecule has 0 atom stereocenters. The van der Waals surface area contributed by atoms with Crippen LogP contribution in [-0.2, 0) is 0 Å². The first-order chi connectivity index (χ1) is 19.8. The predicted octanol–water partition coefficient (Wildman–Crippen LogP) is 11.6. The fourth-order valence-electron chi connectivity index (χ4n) is 6.54. The van der Waals surface area contributed by atoms with E-state index >= 15 is 0 Å². The molecule has 1 nitrogen and oxygen atoms in total. The lowest BCUT2D eigenvalue weighted by atomic mass is 9.86. The Morgan fingerprint density at radius 2 is 1.12 bits per heavy atom. The first-order valence-corrected chi connectivity index (χ1v) is 14.4. The molecule has 0 saturated carbocycles. The van der Waals surface area contributed by atoms with Crippen molar-refractivity contribution in [3.8, 4) is 22.3 Å². The molecule has 0 spiro atoms. The standard InChI is InChI=1S/C38H22OS/c1-2-11-24-22-25(21-20-23(24)10-1)34-26-12-3-4-13-27(26)36(37-28-14-5-7-17-31(28)39-38(34)37)30-16-9-19-33-35(30)29-15-6-8-18-32(29)40-33/h1-22H. The summed E-state index contributed by atoms with van der Waals surface area (Å²) in [4.78, 5) is 0. The van der Waals surface area contributed by atoms with Gasteiger partial charge in [-0.05, 0) is 56.9 Å². The Bertz CT molecular complexity index is 2440. The number of fused-ring (bicyclic) bond motifs is 8. The van der Waals surface area contributed by atoms with Gasteiger partial charge >= 0.3 is 0 Å². The van der Waals surface area contributed by atoms with Crippen LogP contribution in [0.3, 0.4) is 0 Å². The van der Waals surface area contributed by atoms with E-state index in [4.69, 9.17) is 4.42 Å². The van der Waals surface area contributed by atoms with Crippen molar-refractivity contribution in [2.24, 2.45) is 0 Å². The molecule has 186 valence electrons. The molecule has 0 saturated heterocycles. The number of thiophene rings is 1. The maximum absolute atomic E-state index is 6.80. The summed E-state index contributed by atoms with van der Waals surface area (Å²) in [7, 11) is 0. The second-order valence-electron chi connectivity index (χ2n) is 10.4. The van der Waals surface area contributed by atoms with E-state index in [0.717, 1.165) is 22.1 Å². The fraction of sp³-hybridized carbons (Fsp3) is 0. The van der Waals surface area contributed by atoms with E-state index in [2.05, 4.69) is 133 Å². The van der Waals surface area contributed by atoms with Gasteiger partial charge in [0.2, 0.25) is 0 Å². The summed E-state index contributed by atoms with van der Waals surface area (Å²) in [6.07, 6.45) is 0. The van der Waals surface area contributed by atoms with Crippen molar-refractivity contribution in [1.29, 1.82) is 0 Å². The van der Waals surface area contributed by atoms with Crippen molar-refractivity contribution in [2.75, 3.05) is 0 Å². The molecule has 0 unspecified atom stereocenters. The molecule has 0 aliphatic carbocycles. The van der Waals surface area contributed by atoms with E-state index in [1.807, 2.05) is 11.3 Å². The van der Waals surface area contributed by atoms with Gasteiger partial charge in [0.05, 0.1) is 0 Å². The molecular weight excluding hydrogens is 504 g/mol. The molecule has 9 aromatic rings. The lowest BCUT2D eigenvalue weighted by Crippen LogP contribution is -1.90. The van der Waals surface area contributed by atoms with Crippen molar-refractivity contribution in [3.63, 3.8) is 0 Å². The molecule has 0 bridgehead atoms. The Labute approximate surface area is 234 Å². The Hall–Kier alpha value is -4.92. The molecule has 9 rings (SSSR count). The van der Waals surface area contributed by atoms with Gasteiger partial charge in [-0.1, -0.05) is 109 Å². The van der Waals surface area contributed by atoms with Crippen LogP contribution in [0, 0.1) is 0 Å². The van der Waals surface area contributed by atoms with Gasteiger partial charge in [0, 0.05) is 42.1 Å². The van der Waals surface area contributed by atoms with Crippen LogP contribution in [0.5, 0.6) is 0 Å². The molecule has 0 radical (unpaired) electrons. The molecule has 0 N–H and O–H groups in total. The van der Waals surface area contributed by atoms with E-state index in [1.54, 1.807) is 0 Å². The highest BCUT2D eigenvalue weighted by molar-refractivity contribution is 7.25. The summed E-state index contributed by atoms with van der Waals surface area (Å²) in [6.45, 7) is 0. The maximum atomic E-state index is 6.80. The van der Waals surface area contributed by atoms with Gasteiger partial charge in [-0.25, -0.2) is 0 Å². The number of benzene rings is 7. The summed E-state index contributed by atoms with van der Waals surface area (Å²) in [5, 5.41) is 9.87. The largest absolute Gasteiger partial charge is 0.455 e. The molecule has 0 amide bonds. The normalized spacial score (nSPS) is 12.0. The van der Waals surface area contributed by atoms with Gasteiger partial charge in [-0.3, -0.25) is 0 Å². The third-order valence-electron chi connectivity index (χ3n) is 8.25. The molecule has 0 aliphatic rings. The van der Waals surface area contributed by atoms with E-state index in [-0.39, 0.29) is 0 Å². The Morgan fingerprint density at radius 3 is 2.00 bits per heavy atom. The third kappa shape index (κ3) is 3.03. The Balaban J connectivity index is 1.52. The van der Waals surface area contributed by atoms with Crippen LogP contribution in [0.2, 0.25) is 0 Å². The Morgan fingerprint density at radius 1 is 0.450 bits per heavy atom. The number of para-hydroxylation sites is 1. The first-order valence-electron chi connectivity index (χ1n) is 13.6. The van der Waals surface area contributed by atoms with Crippen molar-refractivity contribution in [2.45, 2.75) is 0 Å². The molecule has 2 heteroatoms. The van der Waals surface area contributed by atoms with Crippen molar-refractivity contribution in [3.05, 3.63) is 133 Å².